The third-order valence-corrected chi connectivity index (χ3v) is 0.440. The maximum atomic E-state index is 3.49. The first kappa shape index (κ1) is 5.48. The van der Waals surface area contributed by atoms with Gasteiger partial charge in [-0.15, -0.1) is 0 Å². The van der Waals surface area contributed by atoms with Crippen LogP contribution in [0.25, 0.3) is 0 Å². The molecule has 0 amide bonds. The predicted molar refractivity (Wildman–Crippen MR) is 29.3 cm³/mol. The molecule has 0 heteroatoms. The van der Waals surface area contributed by atoms with Crippen molar-refractivity contribution in [2.75, 3.05) is 0 Å². The van der Waals surface area contributed by atoms with Crippen molar-refractivity contribution in [3.8, 4) is 0 Å². The molecule has 0 aliphatic carbocycles. The Balaban J connectivity index is 2.94. The molecule has 6 heavy (non-hydrogen) atoms. The first-order chi connectivity index (χ1) is 2.91. The molecule has 0 unspecified atom stereocenters. The van der Waals surface area contributed by atoms with Gasteiger partial charge in [0, 0.05) is 0 Å². The largest absolute Gasteiger partial charge is 0.0991 e. The normalized spacial score (nSPS) is 9.50. The molecule has 0 saturated heterocycles. The van der Waals surface area contributed by atoms with Gasteiger partial charge in [-0.05, 0) is 6.42 Å². The van der Waals surface area contributed by atoms with E-state index < -0.39 is 0 Å². The molecule has 0 aromatic heterocycles. The van der Waals surface area contributed by atoms with E-state index in [1.165, 1.54) is 0 Å². The van der Waals surface area contributed by atoms with E-state index in [4.69, 9.17) is 0 Å². The van der Waals surface area contributed by atoms with Gasteiger partial charge < -0.3 is 0 Å². The van der Waals surface area contributed by atoms with Crippen molar-refractivity contribution in [3.63, 3.8) is 0 Å². The summed E-state index contributed by atoms with van der Waals surface area (Å²) in [6, 6.07) is 0. The van der Waals surface area contributed by atoms with Crippen molar-refractivity contribution >= 4 is 0 Å². The number of allylic oxidation sites excluding steroid dienone is 3. The van der Waals surface area contributed by atoms with Gasteiger partial charge in [0.25, 0.3) is 0 Å². The van der Waals surface area contributed by atoms with Crippen LogP contribution in [0.5, 0.6) is 0 Å². The van der Waals surface area contributed by atoms with E-state index in [2.05, 4.69) is 6.58 Å². The minimum Gasteiger partial charge on any atom is -0.0991 e. The fraction of sp³-hybridized carbons (Fsp3) is 0.167. The summed E-state index contributed by atoms with van der Waals surface area (Å²) in [5, 5.41) is 0. The quantitative estimate of drug-likeness (QED) is 0.446. The van der Waals surface area contributed by atoms with Gasteiger partial charge in [0.05, 0.1) is 0 Å². The first-order valence-corrected chi connectivity index (χ1v) is 1.99. The Morgan fingerprint density at radius 3 is 2.17 bits per heavy atom. The van der Waals surface area contributed by atoms with Gasteiger partial charge in [-0.2, -0.15) is 0 Å². The predicted octanol–water partition coefficient (Wildman–Crippen LogP) is 1.95. The number of hydrogen-bond donors (Lipinski definition) is 0. The molecule has 0 bridgehead atoms. The average molecular weight is 81.1 g/mol. The second kappa shape index (κ2) is 4.48. The third-order valence-electron chi connectivity index (χ3n) is 0.440. The molecule has 0 aliphatic rings. The molecule has 0 spiro atoms. The van der Waals surface area contributed by atoms with Crippen molar-refractivity contribution in [1.29, 1.82) is 0 Å². The van der Waals surface area contributed by atoms with E-state index in [9.17, 15) is 0 Å². The highest BCUT2D eigenvalue weighted by molar-refractivity contribution is 5.02. The van der Waals surface area contributed by atoms with E-state index in [0.29, 0.717) is 0 Å². The van der Waals surface area contributed by atoms with Crippen LogP contribution in [0.4, 0.5) is 0 Å². The van der Waals surface area contributed by atoms with Crippen molar-refractivity contribution in [1.82, 2.24) is 0 Å². The Kier molecular flexibility index (Phi) is 4.09. The molecule has 1 radical (unpaired) electrons. The summed E-state index contributed by atoms with van der Waals surface area (Å²) in [6.45, 7) is 5.46. The van der Waals surface area contributed by atoms with Gasteiger partial charge in [-0.1, -0.05) is 31.7 Å². The van der Waals surface area contributed by atoms with Gasteiger partial charge in [0.15, 0.2) is 0 Å². The molecule has 0 aliphatic heterocycles. The molecule has 0 aromatic carbocycles. The lowest BCUT2D eigenvalue weighted by atomic mass is 10.4. The van der Waals surface area contributed by atoms with Crippen LogP contribution in [0.1, 0.15) is 6.92 Å². The lowest BCUT2D eigenvalue weighted by Crippen LogP contribution is -1.48. The van der Waals surface area contributed by atoms with Crippen molar-refractivity contribution < 1.29 is 0 Å². The van der Waals surface area contributed by atoms with Gasteiger partial charge in [0.1, 0.15) is 0 Å². The maximum Gasteiger partial charge on any atom is -0.0198 e. The molecule has 33 valence electrons. The topological polar surface area (TPSA) is 0 Å². The van der Waals surface area contributed by atoms with Crippen LogP contribution in [0.2, 0.25) is 0 Å². The summed E-state index contributed by atoms with van der Waals surface area (Å²) in [5.41, 5.74) is 0. The molecule has 0 N–H and O–H groups in total. The van der Waals surface area contributed by atoms with Crippen LogP contribution >= 0.6 is 0 Å². The van der Waals surface area contributed by atoms with Crippen molar-refractivity contribution in [2.45, 2.75) is 6.92 Å². The lowest BCUT2D eigenvalue weighted by Gasteiger charge is -1.67. The number of hydrogen-bond acceptors (Lipinski definition) is 0. The highest BCUT2D eigenvalue weighted by Gasteiger charge is 1.55. The Bertz CT molecular complexity index is 51.1. The Labute approximate surface area is 39.2 Å². The van der Waals surface area contributed by atoms with Crippen molar-refractivity contribution in [2.24, 2.45) is 0 Å². The third kappa shape index (κ3) is 3.48. The van der Waals surface area contributed by atoms with Gasteiger partial charge in [-0.25, -0.2) is 0 Å². The van der Waals surface area contributed by atoms with Crippen LogP contribution in [0.3, 0.4) is 0 Å². The molecular formula is C6H9. The van der Waals surface area contributed by atoms with Gasteiger partial charge in [0.2, 0.25) is 0 Å². The summed E-state index contributed by atoms with van der Waals surface area (Å²) in [7, 11) is 0. The summed E-state index contributed by atoms with van der Waals surface area (Å²) >= 11 is 0. The van der Waals surface area contributed by atoms with E-state index in [1.54, 1.807) is 6.08 Å². The van der Waals surface area contributed by atoms with Crippen LogP contribution in [-0.4, -0.2) is 0 Å². The molecule has 0 rings (SSSR count). The van der Waals surface area contributed by atoms with E-state index >= 15 is 0 Å². The highest BCUT2D eigenvalue weighted by Crippen LogP contribution is 1.75. The summed E-state index contributed by atoms with van der Waals surface area (Å²) < 4.78 is 0. The second-order valence-electron chi connectivity index (χ2n) is 0.954. The molecule has 0 heterocycles. The smallest absolute Gasteiger partial charge is 0.0198 e. The standard InChI is InChI=1S/C6H9/c1-3-5-6-4-2/h3-6H,1H2,2H3/b6-5-. The molecule has 0 atom stereocenters. The molecular weight excluding hydrogens is 72.1 g/mol. The fourth-order valence-corrected chi connectivity index (χ4v) is 0.190. The molecule has 0 saturated carbocycles. The van der Waals surface area contributed by atoms with E-state index in [0.717, 1.165) is 0 Å². The summed E-state index contributed by atoms with van der Waals surface area (Å²) in [5.74, 6) is 0. The Morgan fingerprint density at radius 2 is 2.00 bits per heavy atom. The number of rotatable bonds is 2. The zero-order valence-electron chi connectivity index (χ0n) is 4.02. The monoisotopic (exact) mass is 81.1 g/mol. The van der Waals surface area contributed by atoms with E-state index in [-0.39, 0.29) is 0 Å². The van der Waals surface area contributed by atoms with E-state index in [1.807, 2.05) is 25.5 Å². The van der Waals surface area contributed by atoms with Crippen LogP contribution in [0.15, 0.2) is 24.8 Å². The van der Waals surface area contributed by atoms with Crippen molar-refractivity contribution in [3.05, 3.63) is 31.2 Å². The molecule has 0 fully saturated rings. The SMILES string of the molecule is C=C/C=C\[CH]C. The zero-order chi connectivity index (χ0) is 4.83. The van der Waals surface area contributed by atoms with Gasteiger partial charge in [-0.3, -0.25) is 0 Å². The Morgan fingerprint density at radius 1 is 1.33 bits per heavy atom. The second-order valence-corrected chi connectivity index (χ2v) is 0.954. The maximum absolute atomic E-state index is 3.49. The van der Waals surface area contributed by atoms with Gasteiger partial charge >= 0.3 is 0 Å². The lowest BCUT2D eigenvalue weighted by molar-refractivity contribution is 1.56. The fourth-order valence-electron chi connectivity index (χ4n) is 0.190. The van der Waals surface area contributed by atoms with Crippen LogP contribution in [-0.2, 0) is 0 Å². The minimum absolute atomic E-state index is 1.75. The molecule has 0 nitrogen and oxygen atoms in total. The van der Waals surface area contributed by atoms with Crippen LogP contribution in [0, 0.1) is 6.42 Å². The Hall–Kier alpha value is -0.520. The zero-order valence-corrected chi connectivity index (χ0v) is 4.02. The summed E-state index contributed by atoms with van der Waals surface area (Å²) in [6.07, 6.45) is 7.54. The first-order valence-electron chi connectivity index (χ1n) is 1.99. The summed E-state index contributed by atoms with van der Waals surface area (Å²) in [4.78, 5) is 0. The molecule has 0 aromatic rings. The average Bonchev–Trinajstić information content (AvgIpc) is 1.61. The van der Waals surface area contributed by atoms with Crippen LogP contribution < -0.4 is 0 Å². The highest BCUT2D eigenvalue weighted by atomic mass is 13.6. The minimum atomic E-state index is 1.75.